The maximum absolute atomic E-state index is 13.8. The molecule has 0 aliphatic rings. The van der Waals surface area contributed by atoms with E-state index in [9.17, 15) is 13.6 Å². The van der Waals surface area contributed by atoms with Gasteiger partial charge in [-0.15, -0.1) is 12.4 Å². The van der Waals surface area contributed by atoms with Gasteiger partial charge in [-0.2, -0.15) is 0 Å². The highest BCUT2D eigenvalue weighted by molar-refractivity contribution is 7.22. The van der Waals surface area contributed by atoms with Crippen molar-refractivity contribution in [1.82, 2.24) is 9.88 Å². The van der Waals surface area contributed by atoms with E-state index in [1.165, 1.54) is 40.5 Å². The number of rotatable bonds is 9. The Balaban J connectivity index is 0.00000320. The van der Waals surface area contributed by atoms with Gasteiger partial charge in [0.15, 0.2) is 23.3 Å². The summed E-state index contributed by atoms with van der Waals surface area (Å²) in [5.41, 5.74) is 0.627. The number of halogens is 3. The fourth-order valence-electron chi connectivity index (χ4n) is 2.89. The number of anilines is 1. The number of hydrogen-bond donors (Lipinski definition) is 0. The highest BCUT2D eigenvalue weighted by atomic mass is 35.5. The first-order valence-corrected chi connectivity index (χ1v) is 10.3. The van der Waals surface area contributed by atoms with Gasteiger partial charge < -0.3 is 9.64 Å². The summed E-state index contributed by atoms with van der Waals surface area (Å²) < 4.78 is 33.4. The molecule has 0 aliphatic heterocycles. The second kappa shape index (κ2) is 11.2. The van der Waals surface area contributed by atoms with Gasteiger partial charge in [-0.3, -0.25) is 9.69 Å². The molecule has 0 saturated heterocycles. The Bertz CT molecular complexity index is 982. The zero-order valence-electron chi connectivity index (χ0n) is 16.8. The van der Waals surface area contributed by atoms with Gasteiger partial charge in [-0.1, -0.05) is 37.3 Å². The number of amides is 1. The molecule has 3 aromatic rings. The summed E-state index contributed by atoms with van der Waals surface area (Å²) in [5, 5.41) is 0.472. The molecule has 0 spiro atoms. The van der Waals surface area contributed by atoms with Crippen LogP contribution in [0.4, 0.5) is 13.9 Å². The number of carbonyl (C=O) groups excluding carboxylic acids is 1. The van der Waals surface area contributed by atoms with Gasteiger partial charge in [0.2, 0.25) is 0 Å². The molecule has 0 fully saturated rings. The number of ether oxygens (including phenoxy) is 1. The van der Waals surface area contributed by atoms with Crippen molar-refractivity contribution >= 4 is 45.0 Å². The van der Waals surface area contributed by atoms with E-state index in [2.05, 4.69) is 23.7 Å². The average Bonchev–Trinajstić information content (AvgIpc) is 3.13. The van der Waals surface area contributed by atoms with Crippen molar-refractivity contribution in [1.29, 1.82) is 0 Å². The molecule has 0 aliphatic carbocycles. The van der Waals surface area contributed by atoms with Crippen LogP contribution < -0.4 is 9.64 Å². The van der Waals surface area contributed by atoms with E-state index in [-0.39, 0.29) is 36.5 Å². The summed E-state index contributed by atoms with van der Waals surface area (Å²) >= 11 is 1.25. The van der Waals surface area contributed by atoms with Gasteiger partial charge in [0, 0.05) is 13.1 Å². The first-order chi connectivity index (χ1) is 14.0. The molecule has 2 aromatic carbocycles. The van der Waals surface area contributed by atoms with Crippen LogP contribution in [0.2, 0.25) is 0 Å². The average molecular weight is 456 g/mol. The summed E-state index contributed by atoms with van der Waals surface area (Å²) in [6, 6.07) is 10.3. The number of aromatic nitrogens is 1. The van der Waals surface area contributed by atoms with E-state index in [4.69, 9.17) is 4.74 Å². The van der Waals surface area contributed by atoms with Crippen LogP contribution in [0.5, 0.6) is 5.75 Å². The standard InChI is InChI=1S/C21H23F2N3O2S.ClH/c1-3-25(4-2)11-12-26(20(27)14-28-18-8-6-5-7-16(18)23)21-24-17-10-9-15(22)13-19(17)29-21;/h5-10,13H,3-4,11-12,14H2,1-2H3;1H. The SMILES string of the molecule is CCN(CC)CCN(C(=O)COc1ccccc1F)c1nc2ccc(F)cc2s1.Cl. The van der Waals surface area contributed by atoms with Crippen molar-refractivity contribution in [2.75, 3.05) is 37.7 Å². The van der Waals surface area contributed by atoms with E-state index in [1.807, 2.05) is 0 Å². The van der Waals surface area contributed by atoms with Crippen LogP contribution in [0.15, 0.2) is 42.5 Å². The first kappa shape index (κ1) is 24.0. The van der Waals surface area contributed by atoms with Gasteiger partial charge >= 0.3 is 0 Å². The third-order valence-electron chi connectivity index (χ3n) is 4.59. The van der Waals surface area contributed by atoms with Crippen molar-refractivity contribution in [2.45, 2.75) is 13.8 Å². The molecule has 0 bridgehead atoms. The van der Waals surface area contributed by atoms with Crippen molar-refractivity contribution in [3.63, 3.8) is 0 Å². The molecule has 0 radical (unpaired) electrons. The molecular formula is C21H24ClF2N3O2S. The lowest BCUT2D eigenvalue weighted by Gasteiger charge is -2.24. The molecule has 1 aromatic heterocycles. The first-order valence-electron chi connectivity index (χ1n) is 9.48. The third-order valence-corrected chi connectivity index (χ3v) is 5.63. The van der Waals surface area contributed by atoms with Crippen LogP contribution in [0, 0.1) is 11.6 Å². The lowest BCUT2D eigenvalue weighted by atomic mass is 10.3. The van der Waals surface area contributed by atoms with Gasteiger partial charge in [0.25, 0.3) is 5.91 Å². The zero-order valence-corrected chi connectivity index (χ0v) is 18.4. The van der Waals surface area contributed by atoms with E-state index in [1.54, 1.807) is 18.2 Å². The fourth-order valence-corrected chi connectivity index (χ4v) is 3.92. The van der Waals surface area contributed by atoms with Crippen molar-refractivity contribution in [3.8, 4) is 5.75 Å². The number of benzene rings is 2. The van der Waals surface area contributed by atoms with Gasteiger partial charge in [0.05, 0.1) is 10.2 Å². The topological polar surface area (TPSA) is 45.7 Å². The predicted octanol–water partition coefficient (Wildman–Crippen LogP) is 4.75. The van der Waals surface area contributed by atoms with Crippen LogP contribution in [-0.2, 0) is 4.79 Å². The molecule has 1 amide bonds. The second-order valence-electron chi connectivity index (χ2n) is 6.40. The molecule has 1 heterocycles. The van der Waals surface area contributed by atoms with Crippen molar-refractivity contribution in [2.24, 2.45) is 0 Å². The molecule has 0 N–H and O–H groups in total. The minimum atomic E-state index is -0.523. The highest BCUT2D eigenvalue weighted by Crippen LogP contribution is 2.29. The summed E-state index contributed by atoms with van der Waals surface area (Å²) in [6.45, 7) is 6.56. The summed E-state index contributed by atoms with van der Waals surface area (Å²) in [7, 11) is 0. The van der Waals surface area contributed by atoms with Gasteiger partial charge in [-0.05, 0) is 43.4 Å². The summed E-state index contributed by atoms with van der Waals surface area (Å²) in [5.74, 6) is -1.18. The van der Waals surface area contributed by atoms with E-state index < -0.39 is 5.82 Å². The predicted molar refractivity (Wildman–Crippen MR) is 119 cm³/mol. The highest BCUT2D eigenvalue weighted by Gasteiger charge is 2.21. The van der Waals surface area contributed by atoms with Gasteiger partial charge in [0.1, 0.15) is 5.82 Å². The Kier molecular flexibility index (Phi) is 8.95. The number of para-hydroxylation sites is 1. The second-order valence-corrected chi connectivity index (χ2v) is 7.41. The maximum Gasteiger partial charge on any atom is 0.266 e. The number of hydrogen-bond acceptors (Lipinski definition) is 5. The minimum Gasteiger partial charge on any atom is -0.481 e. The van der Waals surface area contributed by atoms with Crippen LogP contribution in [0.3, 0.4) is 0 Å². The molecule has 3 rings (SSSR count). The molecule has 0 unspecified atom stereocenters. The van der Waals surface area contributed by atoms with Crippen LogP contribution in [0.25, 0.3) is 10.2 Å². The number of fused-ring (bicyclic) bond motifs is 1. The van der Waals surface area contributed by atoms with Crippen LogP contribution >= 0.6 is 23.7 Å². The maximum atomic E-state index is 13.8. The smallest absolute Gasteiger partial charge is 0.266 e. The fraction of sp³-hybridized carbons (Fsp3) is 0.333. The lowest BCUT2D eigenvalue weighted by molar-refractivity contribution is -0.120. The molecule has 9 heteroatoms. The van der Waals surface area contributed by atoms with E-state index in [0.29, 0.717) is 28.4 Å². The molecule has 30 heavy (non-hydrogen) atoms. The Hall–Kier alpha value is -2.29. The molecule has 162 valence electrons. The van der Waals surface area contributed by atoms with Crippen molar-refractivity contribution < 1.29 is 18.3 Å². The summed E-state index contributed by atoms with van der Waals surface area (Å²) in [4.78, 5) is 21.1. The Morgan fingerprint density at radius 3 is 2.53 bits per heavy atom. The van der Waals surface area contributed by atoms with Gasteiger partial charge in [-0.25, -0.2) is 13.8 Å². The quantitative estimate of drug-likeness (QED) is 0.467. The largest absolute Gasteiger partial charge is 0.481 e. The molecule has 0 atom stereocenters. The van der Waals surface area contributed by atoms with Crippen LogP contribution in [-0.4, -0.2) is 48.6 Å². The Morgan fingerprint density at radius 2 is 1.83 bits per heavy atom. The van der Waals surface area contributed by atoms with Crippen molar-refractivity contribution in [3.05, 3.63) is 54.1 Å². The lowest BCUT2D eigenvalue weighted by Crippen LogP contribution is -2.41. The number of thiazole rings is 1. The molecule has 5 nitrogen and oxygen atoms in total. The number of nitrogens with zero attached hydrogens (tertiary/aromatic N) is 3. The van der Waals surface area contributed by atoms with E-state index >= 15 is 0 Å². The summed E-state index contributed by atoms with van der Waals surface area (Å²) in [6.07, 6.45) is 0. The number of carbonyl (C=O) groups is 1. The Morgan fingerprint density at radius 1 is 1.10 bits per heavy atom. The molecular weight excluding hydrogens is 432 g/mol. The number of likely N-dealkylation sites (N-methyl/N-ethyl adjacent to an activating group) is 1. The minimum absolute atomic E-state index is 0. The molecule has 0 saturated carbocycles. The zero-order chi connectivity index (χ0) is 20.8. The van der Waals surface area contributed by atoms with Crippen LogP contribution in [0.1, 0.15) is 13.8 Å². The monoisotopic (exact) mass is 455 g/mol. The Labute approximate surface area is 184 Å². The van der Waals surface area contributed by atoms with E-state index in [0.717, 1.165) is 13.1 Å². The normalized spacial score (nSPS) is 10.8. The third kappa shape index (κ3) is 5.87.